The first-order valence-corrected chi connectivity index (χ1v) is 4.42. The van der Waals surface area contributed by atoms with Gasteiger partial charge in [-0.05, 0) is 12.8 Å². The standard InChI is InChI=1S/C9H12N2O2/c1-11-6-7(5-10-11)9(12)8-3-2-4-13-8/h5-6,8H,2-4H2,1H3. The third-order valence-corrected chi connectivity index (χ3v) is 2.21. The van der Waals surface area contributed by atoms with Gasteiger partial charge in [0.2, 0.25) is 0 Å². The van der Waals surface area contributed by atoms with Gasteiger partial charge in [-0.2, -0.15) is 5.10 Å². The van der Waals surface area contributed by atoms with Crippen molar-refractivity contribution < 1.29 is 9.53 Å². The molecule has 1 aliphatic rings. The third kappa shape index (κ3) is 1.62. The van der Waals surface area contributed by atoms with E-state index in [4.69, 9.17) is 4.74 Å². The van der Waals surface area contributed by atoms with E-state index in [9.17, 15) is 4.79 Å². The molecule has 1 aromatic heterocycles. The van der Waals surface area contributed by atoms with E-state index in [0.29, 0.717) is 12.2 Å². The van der Waals surface area contributed by atoms with Crippen molar-refractivity contribution in [3.8, 4) is 0 Å². The summed E-state index contributed by atoms with van der Waals surface area (Å²) in [6, 6.07) is 0. The van der Waals surface area contributed by atoms with Crippen molar-refractivity contribution in [1.29, 1.82) is 0 Å². The molecule has 1 saturated heterocycles. The lowest BCUT2D eigenvalue weighted by molar-refractivity contribution is 0.0643. The Bertz CT molecular complexity index is 313. The van der Waals surface area contributed by atoms with Crippen LogP contribution >= 0.6 is 0 Å². The molecule has 0 N–H and O–H groups in total. The van der Waals surface area contributed by atoms with Crippen LogP contribution in [0.15, 0.2) is 12.4 Å². The number of rotatable bonds is 2. The molecule has 1 aliphatic heterocycles. The summed E-state index contributed by atoms with van der Waals surface area (Å²) in [6.45, 7) is 0.705. The highest BCUT2D eigenvalue weighted by Gasteiger charge is 2.25. The average Bonchev–Trinajstić information content (AvgIpc) is 2.72. The van der Waals surface area contributed by atoms with Crippen molar-refractivity contribution >= 4 is 5.78 Å². The monoisotopic (exact) mass is 180 g/mol. The van der Waals surface area contributed by atoms with E-state index in [2.05, 4.69) is 5.10 Å². The predicted molar refractivity (Wildman–Crippen MR) is 46.5 cm³/mol. The summed E-state index contributed by atoms with van der Waals surface area (Å²) >= 11 is 0. The second-order valence-corrected chi connectivity index (χ2v) is 3.27. The highest BCUT2D eigenvalue weighted by Crippen LogP contribution is 2.16. The summed E-state index contributed by atoms with van der Waals surface area (Å²) in [5.41, 5.74) is 0.648. The van der Waals surface area contributed by atoms with Gasteiger partial charge >= 0.3 is 0 Å². The average molecular weight is 180 g/mol. The fourth-order valence-corrected chi connectivity index (χ4v) is 1.52. The molecular formula is C9H12N2O2. The van der Waals surface area contributed by atoms with Crippen LogP contribution in [0.1, 0.15) is 23.2 Å². The maximum Gasteiger partial charge on any atom is 0.194 e. The molecule has 0 aliphatic carbocycles. The highest BCUT2D eigenvalue weighted by atomic mass is 16.5. The first kappa shape index (κ1) is 8.44. The summed E-state index contributed by atoms with van der Waals surface area (Å²) in [5.74, 6) is 0.0607. The summed E-state index contributed by atoms with van der Waals surface area (Å²) in [6.07, 6.45) is 4.91. The molecule has 0 radical (unpaired) electrons. The molecule has 0 saturated carbocycles. The van der Waals surface area contributed by atoms with Crippen LogP contribution < -0.4 is 0 Å². The largest absolute Gasteiger partial charge is 0.370 e. The van der Waals surface area contributed by atoms with Gasteiger partial charge in [0.15, 0.2) is 5.78 Å². The molecule has 0 aromatic carbocycles. The van der Waals surface area contributed by atoms with E-state index in [-0.39, 0.29) is 11.9 Å². The second kappa shape index (κ2) is 3.30. The molecule has 0 bridgehead atoms. The molecule has 70 valence electrons. The smallest absolute Gasteiger partial charge is 0.194 e. The van der Waals surface area contributed by atoms with Crippen molar-refractivity contribution in [2.45, 2.75) is 18.9 Å². The Kier molecular flexibility index (Phi) is 2.14. The first-order valence-electron chi connectivity index (χ1n) is 4.42. The number of aromatic nitrogens is 2. The maximum atomic E-state index is 11.7. The molecule has 4 nitrogen and oxygen atoms in total. The van der Waals surface area contributed by atoms with Crippen LogP contribution in [0, 0.1) is 0 Å². The molecule has 1 fully saturated rings. The molecule has 2 rings (SSSR count). The summed E-state index contributed by atoms with van der Waals surface area (Å²) in [5, 5.41) is 3.95. The lowest BCUT2D eigenvalue weighted by Crippen LogP contribution is -2.18. The quantitative estimate of drug-likeness (QED) is 0.632. The second-order valence-electron chi connectivity index (χ2n) is 3.27. The van der Waals surface area contributed by atoms with Crippen LogP contribution in [0.5, 0.6) is 0 Å². The molecule has 1 atom stereocenters. The van der Waals surface area contributed by atoms with Crippen molar-refractivity contribution in [1.82, 2.24) is 9.78 Å². The van der Waals surface area contributed by atoms with Gasteiger partial charge in [-0.1, -0.05) is 0 Å². The Morgan fingerprint density at radius 3 is 3.15 bits per heavy atom. The number of ether oxygens (including phenoxy) is 1. The zero-order chi connectivity index (χ0) is 9.26. The minimum atomic E-state index is -0.232. The number of nitrogens with zero attached hydrogens (tertiary/aromatic N) is 2. The van der Waals surface area contributed by atoms with E-state index in [1.807, 2.05) is 0 Å². The number of hydrogen-bond donors (Lipinski definition) is 0. The van der Waals surface area contributed by atoms with Gasteiger partial charge in [-0.15, -0.1) is 0 Å². The lowest BCUT2D eigenvalue weighted by Gasteiger charge is -2.04. The zero-order valence-corrected chi connectivity index (χ0v) is 7.56. The van der Waals surface area contributed by atoms with Gasteiger partial charge in [0, 0.05) is 19.9 Å². The van der Waals surface area contributed by atoms with Gasteiger partial charge in [0.25, 0.3) is 0 Å². The van der Waals surface area contributed by atoms with Gasteiger partial charge in [-0.25, -0.2) is 0 Å². The molecule has 1 unspecified atom stereocenters. The van der Waals surface area contributed by atoms with Gasteiger partial charge in [-0.3, -0.25) is 9.48 Å². The topological polar surface area (TPSA) is 44.1 Å². The van der Waals surface area contributed by atoms with Gasteiger partial charge in [0.05, 0.1) is 11.8 Å². The van der Waals surface area contributed by atoms with Crippen LogP contribution in [0.2, 0.25) is 0 Å². The van der Waals surface area contributed by atoms with Crippen molar-refractivity contribution in [2.75, 3.05) is 6.61 Å². The Morgan fingerprint density at radius 1 is 1.77 bits per heavy atom. The Morgan fingerprint density at radius 2 is 2.62 bits per heavy atom. The SMILES string of the molecule is Cn1cc(C(=O)C2CCCO2)cn1. The van der Waals surface area contributed by atoms with Crippen molar-refractivity contribution in [3.63, 3.8) is 0 Å². The minimum Gasteiger partial charge on any atom is -0.370 e. The Labute approximate surface area is 76.5 Å². The fraction of sp³-hybridized carbons (Fsp3) is 0.556. The van der Waals surface area contributed by atoms with Gasteiger partial charge < -0.3 is 4.74 Å². The highest BCUT2D eigenvalue weighted by molar-refractivity contribution is 5.99. The number of hydrogen-bond acceptors (Lipinski definition) is 3. The third-order valence-electron chi connectivity index (χ3n) is 2.21. The fourth-order valence-electron chi connectivity index (χ4n) is 1.52. The molecule has 2 heterocycles. The summed E-state index contributed by atoms with van der Waals surface area (Å²) < 4.78 is 6.92. The normalized spacial score (nSPS) is 22.1. The molecular weight excluding hydrogens is 168 g/mol. The minimum absolute atomic E-state index is 0.0607. The molecule has 0 amide bonds. The van der Waals surface area contributed by atoms with Crippen LogP contribution in [-0.2, 0) is 11.8 Å². The maximum absolute atomic E-state index is 11.7. The van der Waals surface area contributed by atoms with Crippen LogP contribution in [0.3, 0.4) is 0 Å². The van der Waals surface area contributed by atoms with Crippen LogP contribution in [0.25, 0.3) is 0 Å². The lowest BCUT2D eigenvalue weighted by atomic mass is 10.1. The van der Waals surface area contributed by atoms with Crippen LogP contribution in [0.4, 0.5) is 0 Å². The zero-order valence-electron chi connectivity index (χ0n) is 7.56. The number of Topliss-reactive ketones (excluding diaryl/α,β-unsaturated/α-hetero) is 1. The predicted octanol–water partition coefficient (Wildman–Crippen LogP) is 0.782. The summed E-state index contributed by atoms with van der Waals surface area (Å²) in [4.78, 5) is 11.7. The molecule has 4 heteroatoms. The molecule has 1 aromatic rings. The number of carbonyl (C=O) groups is 1. The van der Waals surface area contributed by atoms with E-state index < -0.39 is 0 Å². The first-order chi connectivity index (χ1) is 6.27. The molecule has 0 spiro atoms. The number of carbonyl (C=O) groups excluding carboxylic acids is 1. The van der Waals surface area contributed by atoms with E-state index >= 15 is 0 Å². The van der Waals surface area contributed by atoms with Gasteiger partial charge in [0.1, 0.15) is 6.10 Å². The number of ketones is 1. The van der Waals surface area contributed by atoms with Crippen molar-refractivity contribution in [2.24, 2.45) is 7.05 Å². The van der Waals surface area contributed by atoms with Crippen LogP contribution in [-0.4, -0.2) is 28.3 Å². The van der Waals surface area contributed by atoms with E-state index in [1.165, 1.54) is 0 Å². The van der Waals surface area contributed by atoms with E-state index in [1.54, 1.807) is 24.1 Å². The van der Waals surface area contributed by atoms with E-state index in [0.717, 1.165) is 12.8 Å². The van der Waals surface area contributed by atoms with Crippen molar-refractivity contribution in [3.05, 3.63) is 18.0 Å². The summed E-state index contributed by atoms with van der Waals surface area (Å²) in [7, 11) is 1.80. The molecule has 13 heavy (non-hydrogen) atoms. The Hall–Kier alpha value is -1.16. The number of aryl methyl sites for hydroxylation is 1. The Balaban J connectivity index is 2.12.